The zero-order valence-corrected chi connectivity index (χ0v) is 17.2. The zero-order chi connectivity index (χ0) is 20.3. The van der Waals surface area contributed by atoms with Crippen molar-refractivity contribution < 1.29 is 13.2 Å². The van der Waals surface area contributed by atoms with Crippen molar-refractivity contribution >= 4 is 39.0 Å². The lowest BCUT2D eigenvalue weighted by atomic mass is 10.0. The first-order valence-corrected chi connectivity index (χ1v) is 11.6. The van der Waals surface area contributed by atoms with Crippen molar-refractivity contribution in [2.45, 2.75) is 17.9 Å². The van der Waals surface area contributed by atoms with E-state index >= 15 is 0 Å². The SMILES string of the molecule is O=C(/C=C/c1ccsc1)Nc1ccc2c(c1)CN(S(=O)(=O)c1ccccc1)CC2. The number of nitrogens with one attached hydrogen (secondary N) is 1. The molecule has 1 aromatic heterocycles. The Morgan fingerprint density at radius 2 is 1.90 bits per heavy atom. The molecule has 0 atom stereocenters. The van der Waals surface area contributed by atoms with E-state index in [9.17, 15) is 13.2 Å². The van der Waals surface area contributed by atoms with Crippen LogP contribution in [0.25, 0.3) is 6.08 Å². The molecule has 1 amide bonds. The second-order valence-electron chi connectivity index (χ2n) is 6.76. The highest BCUT2D eigenvalue weighted by Gasteiger charge is 2.28. The molecule has 0 radical (unpaired) electrons. The molecule has 3 aromatic rings. The summed E-state index contributed by atoms with van der Waals surface area (Å²) < 4.78 is 27.3. The molecule has 1 aliphatic rings. The first-order valence-electron chi connectivity index (χ1n) is 9.21. The Hall–Kier alpha value is -2.74. The number of rotatable bonds is 5. The third kappa shape index (κ3) is 4.48. The normalized spacial score (nSPS) is 14.6. The van der Waals surface area contributed by atoms with Gasteiger partial charge >= 0.3 is 0 Å². The predicted octanol–water partition coefficient (Wildman–Crippen LogP) is 4.15. The highest BCUT2D eigenvalue weighted by molar-refractivity contribution is 7.89. The lowest BCUT2D eigenvalue weighted by molar-refractivity contribution is -0.111. The molecule has 0 saturated heterocycles. The predicted molar refractivity (Wildman–Crippen MR) is 116 cm³/mol. The van der Waals surface area contributed by atoms with E-state index < -0.39 is 10.0 Å². The number of hydrogen-bond acceptors (Lipinski definition) is 4. The van der Waals surface area contributed by atoms with Crippen molar-refractivity contribution in [3.05, 3.63) is 88.1 Å². The quantitative estimate of drug-likeness (QED) is 0.626. The van der Waals surface area contributed by atoms with E-state index in [1.54, 1.807) is 47.7 Å². The first kappa shape index (κ1) is 19.6. The Bertz CT molecular complexity index is 1140. The molecule has 0 fully saturated rings. The zero-order valence-electron chi connectivity index (χ0n) is 15.6. The Morgan fingerprint density at radius 1 is 1.07 bits per heavy atom. The molecule has 1 aliphatic heterocycles. The fourth-order valence-electron chi connectivity index (χ4n) is 3.28. The van der Waals surface area contributed by atoms with Gasteiger partial charge in [0.25, 0.3) is 0 Å². The summed E-state index contributed by atoms with van der Waals surface area (Å²) in [6.45, 7) is 0.736. The Morgan fingerprint density at radius 3 is 2.66 bits per heavy atom. The van der Waals surface area contributed by atoms with E-state index in [2.05, 4.69) is 5.32 Å². The second-order valence-corrected chi connectivity index (χ2v) is 9.48. The molecule has 2 aromatic carbocycles. The van der Waals surface area contributed by atoms with E-state index in [1.807, 2.05) is 35.0 Å². The van der Waals surface area contributed by atoms with Gasteiger partial charge in [0.15, 0.2) is 0 Å². The van der Waals surface area contributed by atoms with Gasteiger partial charge in [-0.05, 0) is 70.3 Å². The molecule has 0 saturated carbocycles. The minimum Gasteiger partial charge on any atom is -0.323 e. The van der Waals surface area contributed by atoms with Gasteiger partial charge < -0.3 is 5.32 Å². The molecule has 1 N–H and O–H groups in total. The Kier molecular flexibility index (Phi) is 5.62. The molecule has 5 nitrogen and oxygen atoms in total. The van der Waals surface area contributed by atoms with Gasteiger partial charge in [-0.25, -0.2) is 8.42 Å². The van der Waals surface area contributed by atoms with Crippen LogP contribution in [0.15, 0.2) is 76.3 Å². The molecule has 7 heteroatoms. The average molecular weight is 425 g/mol. The number of carbonyl (C=O) groups is 1. The van der Waals surface area contributed by atoms with Crippen LogP contribution < -0.4 is 5.32 Å². The lowest BCUT2D eigenvalue weighted by Gasteiger charge is -2.28. The summed E-state index contributed by atoms with van der Waals surface area (Å²) in [5.74, 6) is -0.222. The fraction of sp³-hybridized carbons (Fsp3) is 0.136. The van der Waals surface area contributed by atoms with Crippen LogP contribution in [-0.4, -0.2) is 25.2 Å². The highest BCUT2D eigenvalue weighted by Crippen LogP contribution is 2.27. The molecular weight excluding hydrogens is 404 g/mol. The summed E-state index contributed by atoms with van der Waals surface area (Å²) in [5.41, 5.74) is 3.66. The number of carbonyl (C=O) groups excluding carboxylic acids is 1. The van der Waals surface area contributed by atoms with Crippen molar-refractivity contribution in [3.63, 3.8) is 0 Å². The third-order valence-corrected chi connectivity index (χ3v) is 7.36. The standard InChI is InChI=1S/C22H20N2O3S2/c25-22(9-6-17-11-13-28-16-17)23-20-8-7-18-10-12-24(15-19(18)14-20)29(26,27)21-4-2-1-3-5-21/h1-9,11,13-14,16H,10,12,15H2,(H,23,25)/b9-6+. The molecule has 4 rings (SSSR count). The molecule has 0 unspecified atom stereocenters. The van der Waals surface area contributed by atoms with E-state index in [4.69, 9.17) is 0 Å². The molecule has 0 spiro atoms. The number of benzene rings is 2. The van der Waals surface area contributed by atoms with Gasteiger partial charge in [0, 0.05) is 24.9 Å². The average Bonchev–Trinajstić information content (AvgIpc) is 3.26. The molecular formula is C22H20N2O3S2. The number of anilines is 1. The molecule has 148 valence electrons. The minimum atomic E-state index is -3.54. The van der Waals surface area contributed by atoms with Crippen LogP contribution in [-0.2, 0) is 27.8 Å². The molecule has 0 aliphatic carbocycles. The number of amides is 1. The number of nitrogens with zero attached hydrogens (tertiary/aromatic N) is 1. The first-order chi connectivity index (χ1) is 14.0. The Balaban J connectivity index is 1.49. The fourth-order valence-corrected chi connectivity index (χ4v) is 5.35. The van der Waals surface area contributed by atoms with Crippen molar-refractivity contribution in [2.75, 3.05) is 11.9 Å². The minimum absolute atomic E-state index is 0.222. The maximum atomic E-state index is 12.9. The monoisotopic (exact) mass is 424 g/mol. The van der Waals surface area contributed by atoms with Crippen LogP contribution in [0.5, 0.6) is 0 Å². The number of fused-ring (bicyclic) bond motifs is 1. The largest absolute Gasteiger partial charge is 0.323 e. The maximum Gasteiger partial charge on any atom is 0.248 e. The topological polar surface area (TPSA) is 66.5 Å². The second kappa shape index (κ2) is 8.32. The van der Waals surface area contributed by atoms with E-state index in [-0.39, 0.29) is 5.91 Å². The molecule has 2 heterocycles. The number of hydrogen-bond donors (Lipinski definition) is 1. The van der Waals surface area contributed by atoms with Gasteiger partial charge in [0.1, 0.15) is 0 Å². The van der Waals surface area contributed by atoms with Crippen LogP contribution in [0, 0.1) is 0 Å². The third-order valence-electron chi connectivity index (χ3n) is 4.80. The van der Waals surface area contributed by atoms with Gasteiger partial charge in [-0.15, -0.1) is 0 Å². The van der Waals surface area contributed by atoms with Gasteiger partial charge in [-0.1, -0.05) is 24.3 Å². The van der Waals surface area contributed by atoms with Crippen LogP contribution in [0.4, 0.5) is 5.69 Å². The number of sulfonamides is 1. The maximum absolute atomic E-state index is 12.9. The van der Waals surface area contributed by atoms with E-state index in [0.717, 1.165) is 16.7 Å². The van der Waals surface area contributed by atoms with Gasteiger partial charge in [-0.3, -0.25) is 4.79 Å². The molecule has 0 bridgehead atoms. The van der Waals surface area contributed by atoms with Crippen LogP contribution in [0.1, 0.15) is 16.7 Å². The summed E-state index contributed by atoms with van der Waals surface area (Å²) in [6.07, 6.45) is 3.90. The number of thiophene rings is 1. The Labute approximate surface area is 174 Å². The van der Waals surface area contributed by atoms with Crippen molar-refractivity contribution in [1.29, 1.82) is 0 Å². The van der Waals surface area contributed by atoms with Crippen molar-refractivity contribution in [2.24, 2.45) is 0 Å². The molecule has 29 heavy (non-hydrogen) atoms. The summed E-state index contributed by atoms with van der Waals surface area (Å²) in [7, 11) is -3.54. The smallest absolute Gasteiger partial charge is 0.248 e. The lowest BCUT2D eigenvalue weighted by Crippen LogP contribution is -2.36. The van der Waals surface area contributed by atoms with Crippen molar-refractivity contribution in [1.82, 2.24) is 4.31 Å². The van der Waals surface area contributed by atoms with Crippen molar-refractivity contribution in [3.8, 4) is 0 Å². The summed E-state index contributed by atoms with van der Waals surface area (Å²) in [5, 5.41) is 6.77. The van der Waals surface area contributed by atoms with Gasteiger partial charge in [-0.2, -0.15) is 15.6 Å². The highest BCUT2D eigenvalue weighted by atomic mass is 32.2. The summed E-state index contributed by atoms with van der Waals surface area (Å²) in [6, 6.07) is 16.1. The van der Waals surface area contributed by atoms with Crippen LogP contribution >= 0.6 is 11.3 Å². The van der Waals surface area contributed by atoms with Crippen LogP contribution in [0.3, 0.4) is 0 Å². The van der Waals surface area contributed by atoms with Gasteiger partial charge in [0.2, 0.25) is 15.9 Å². The van der Waals surface area contributed by atoms with E-state index in [0.29, 0.717) is 30.1 Å². The van der Waals surface area contributed by atoms with Gasteiger partial charge in [0.05, 0.1) is 4.90 Å². The summed E-state index contributed by atoms with van der Waals surface area (Å²) >= 11 is 1.57. The summed E-state index contributed by atoms with van der Waals surface area (Å²) in [4.78, 5) is 12.5. The van der Waals surface area contributed by atoms with E-state index in [1.165, 1.54) is 10.4 Å². The van der Waals surface area contributed by atoms with Crippen LogP contribution in [0.2, 0.25) is 0 Å².